The zero-order chi connectivity index (χ0) is 16.1. The van der Waals surface area contributed by atoms with Crippen molar-refractivity contribution in [3.8, 4) is 5.75 Å². The number of fused-ring (bicyclic) bond motifs is 1. The molecule has 1 aromatic heterocycles. The topological polar surface area (TPSA) is 51.2 Å². The number of ether oxygens (including phenoxy) is 1. The Kier molecular flexibility index (Phi) is 4.78. The fourth-order valence-electron chi connectivity index (χ4n) is 2.23. The van der Waals surface area contributed by atoms with Gasteiger partial charge in [-0.05, 0) is 36.6 Å². The van der Waals surface area contributed by atoms with Crippen LogP contribution in [-0.4, -0.2) is 23.8 Å². The van der Waals surface area contributed by atoms with Gasteiger partial charge in [-0.15, -0.1) is 11.8 Å². The highest BCUT2D eigenvalue weighted by Crippen LogP contribution is 2.23. The Labute approximate surface area is 138 Å². The number of benzene rings is 2. The minimum atomic E-state index is -0.198. The molecule has 0 aliphatic carbocycles. The minimum absolute atomic E-state index is 0.0564. The summed E-state index contributed by atoms with van der Waals surface area (Å²) in [4.78, 5) is 17.5. The van der Waals surface area contributed by atoms with E-state index in [-0.39, 0.29) is 12.5 Å². The maximum Gasteiger partial charge on any atom is 0.262 e. The number of rotatable bonds is 5. The van der Waals surface area contributed by atoms with Crippen molar-refractivity contribution in [2.75, 3.05) is 18.2 Å². The minimum Gasteiger partial charge on any atom is -0.481 e. The smallest absolute Gasteiger partial charge is 0.262 e. The van der Waals surface area contributed by atoms with Crippen molar-refractivity contribution in [3.63, 3.8) is 0 Å². The Bertz CT molecular complexity index is 831. The Morgan fingerprint density at radius 1 is 1.17 bits per heavy atom. The zero-order valence-electron chi connectivity index (χ0n) is 12.7. The molecule has 3 aromatic rings. The third-order valence-electron chi connectivity index (χ3n) is 3.31. The van der Waals surface area contributed by atoms with Crippen LogP contribution in [-0.2, 0) is 4.79 Å². The predicted octanol–water partition coefficient (Wildman–Crippen LogP) is 3.97. The molecule has 0 saturated carbocycles. The van der Waals surface area contributed by atoms with Crippen molar-refractivity contribution in [3.05, 3.63) is 60.8 Å². The van der Waals surface area contributed by atoms with E-state index in [1.54, 1.807) is 18.0 Å². The maximum atomic E-state index is 12.1. The van der Waals surface area contributed by atoms with Crippen LogP contribution in [0, 0.1) is 0 Å². The summed E-state index contributed by atoms with van der Waals surface area (Å²) in [5, 5.41) is 3.82. The zero-order valence-corrected chi connectivity index (χ0v) is 13.5. The normalized spacial score (nSPS) is 10.5. The molecule has 2 aromatic carbocycles. The molecule has 116 valence electrons. The third-order valence-corrected chi connectivity index (χ3v) is 4.03. The number of carbonyl (C=O) groups excluding carboxylic acids is 1. The lowest BCUT2D eigenvalue weighted by atomic mass is 10.2. The Balaban J connectivity index is 1.66. The van der Waals surface area contributed by atoms with E-state index < -0.39 is 0 Å². The number of amides is 1. The van der Waals surface area contributed by atoms with Crippen LogP contribution in [0.4, 0.5) is 5.69 Å². The first-order valence-electron chi connectivity index (χ1n) is 7.17. The van der Waals surface area contributed by atoms with Gasteiger partial charge < -0.3 is 10.1 Å². The number of hydrogen-bond acceptors (Lipinski definition) is 4. The molecule has 0 aliphatic rings. The molecule has 5 heteroatoms. The molecule has 0 bridgehead atoms. The molecule has 1 N–H and O–H groups in total. The maximum absolute atomic E-state index is 12.1. The number of thioether (sulfide) groups is 1. The third kappa shape index (κ3) is 3.81. The SMILES string of the molecule is CSc1cccc(NC(=O)COc2cccc3cccnc23)c1. The molecule has 0 atom stereocenters. The molecule has 4 nitrogen and oxygen atoms in total. The van der Waals surface area contributed by atoms with Crippen molar-refractivity contribution in [2.24, 2.45) is 0 Å². The average Bonchev–Trinajstić information content (AvgIpc) is 2.60. The van der Waals surface area contributed by atoms with Gasteiger partial charge in [0.2, 0.25) is 0 Å². The number of hydrogen-bond donors (Lipinski definition) is 1. The van der Waals surface area contributed by atoms with E-state index in [1.807, 2.05) is 60.9 Å². The summed E-state index contributed by atoms with van der Waals surface area (Å²) in [6, 6.07) is 17.2. The molecule has 1 heterocycles. The van der Waals surface area contributed by atoms with E-state index in [4.69, 9.17) is 4.74 Å². The van der Waals surface area contributed by atoms with Crippen molar-refractivity contribution in [2.45, 2.75) is 4.90 Å². The summed E-state index contributed by atoms with van der Waals surface area (Å²) in [5.41, 5.74) is 1.52. The summed E-state index contributed by atoms with van der Waals surface area (Å²) in [5.74, 6) is 0.410. The fraction of sp³-hybridized carbons (Fsp3) is 0.111. The van der Waals surface area contributed by atoms with E-state index >= 15 is 0 Å². The van der Waals surface area contributed by atoms with E-state index in [9.17, 15) is 4.79 Å². The Hall–Kier alpha value is -2.53. The van der Waals surface area contributed by atoms with Gasteiger partial charge in [0.25, 0.3) is 5.91 Å². The van der Waals surface area contributed by atoms with Gasteiger partial charge in [0.05, 0.1) is 0 Å². The van der Waals surface area contributed by atoms with E-state index in [0.717, 1.165) is 21.5 Å². The highest BCUT2D eigenvalue weighted by molar-refractivity contribution is 7.98. The summed E-state index contributed by atoms with van der Waals surface area (Å²) in [6.45, 7) is -0.0564. The molecule has 23 heavy (non-hydrogen) atoms. The highest BCUT2D eigenvalue weighted by Gasteiger charge is 2.07. The van der Waals surface area contributed by atoms with Crippen LogP contribution in [0.3, 0.4) is 0 Å². The van der Waals surface area contributed by atoms with Crippen molar-refractivity contribution < 1.29 is 9.53 Å². The van der Waals surface area contributed by atoms with Crippen LogP contribution in [0.5, 0.6) is 5.75 Å². The number of carbonyl (C=O) groups is 1. The summed E-state index contributed by atoms with van der Waals surface area (Å²) < 4.78 is 5.63. The number of nitrogens with zero attached hydrogens (tertiary/aromatic N) is 1. The standard InChI is InChI=1S/C18H16N2O2S/c1-23-15-8-3-7-14(11-15)20-17(21)12-22-16-9-2-5-13-6-4-10-19-18(13)16/h2-11H,12H2,1H3,(H,20,21). The number of para-hydroxylation sites is 1. The van der Waals surface area contributed by atoms with Crippen molar-refractivity contribution in [1.29, 1.82) is 0 Å². The van der Waals surface area contributed by atoms with Gasteiger partial charge in [-0.1, -0.05) is 24.3 Å². The van der Waals surface area contributed by atoms with Gasteiger partial charge in [0.1, 0.15) is 11.3 Å². The largest absolute Gasteiger partial charge is 0.481 e. The van der Waals surface area contributed by atoms with Crippen LogP contribution >= 0.6 is 11.8 Å². The van der Waals surface area contributed by atoms with Gasteiger partial charge in [-0.2, -0.15) is 0 Å². The first-order valence-corrected chi connectivity index (χ1v) is 8.39. The first kappa shape index (κ1) is 15.4. The Morgan fingerprint density at radius 2 is 2.00 bits per heavy atom. The number of aromatic nitrogens is 1. The van der Waals surface area contributed by atoms with Crippen LogP contribution < -0.4 is 10.1 Å². The molecule has 0 spiro atoms. The van der Waals surface area contributed by atoms with E-state index in [2.05, 4.69) is 10.3 Å². The van der Waals surface area contributed by atoms with Crippen LogP contribution in [0.2, 0.25) is 0 Å². The quantitative estimate of drug-likeness (QED) is 0.721. The molecule has 0 saturated heterocycles. The van der Waals surface area contributed by atoms with Gasteiger partial charge in [0, 0.05) is 22.2 Å². The fourth-order valence-corrected chi connectivity index (χ4v) is 2.69. The van der Waals surface area contributed by atoms with E-state index in [1.165, 1.54) is 0 Å². The summed E-state index contributed by atoms with van der Waals surface area (Å²) in [7, 11) is 0. The van der Waals surface area contributed by atoms with Crippen LogP contribution in [0.1, 0.15) is 0 Å². The lowest BCUT2D eigenvalue weighted by Gasteiger charge is -2.09. The van der Waals surface area contributed by atoms with Crippen LogP contribution in [0.25, 0.3) is 10.9 Å². The molecule has 0 fully saturated rings. The lowest BCUT2D eigenvalue weighted by Crippen LogP contribution is -2.20. The van der Waals surface area contributed by atoms with Crippen molar-refractivity contribution >= 4 is 34.3 Å². The molecule has 3 rings (SSSR count). The molecule has 1 amide bonds. The Morgan fingerprint density at radius 3 is 2.87 bits per heavy atom. The second-order valence-corrected chi connectivity index (χ2v) is 5.78. The molecule has 0 unspecified atom stereocenters. The molecule has 0 aliphatic heterocycles. The van der Waals surface area contributed by atoms with Gasteiger partial charge in [-0.25, -0.2) is 0 Å². The average molecular weight is 324 g/mol. The lowest BCUT2D eigenvalue weighted by molar-refractivity contribution is -0.118. The van der Waals surface area contributed by atoms with E-state index in [0.29, 0.717) is 5.75 Å². The number of pyridine rings is 1. The molecular formula is C18H16N2O2S. The first-order chi connectivity index (χ1) is 11.3. The second kappa shape index (κ2) is 7.15. The van der Waals surface area contributed by atoms with Gasteiger partial charge >= 0.3 is 0 Å². The highest BCUT2D eigenvalue weighted by atomic mass is 32.2. The molecular weight excluding hydrogens is 308 g/mol. The second-order valence-electron chi connectivity index (χ2n) is 4.90. The number of anilines is 1. The summed E-state index contributed by atoms with van der Waals surface area (Å²) >= 11 is 1.63. The predicted molar refractivity (Wildman–Crippen MR) is 94.1 cm³/mol. The number of nitrogens with one attached hydrogen (secondary N) is 1. The van der Waals surface area contributed by atoms with Crippen LogP contribution in [0.15, 0.2) is 65.7 Å². The van der Waals surface area contributed by atoms with Crippen molar-refractivity contribution in [1.82, 2.24) is 4.98 Å². The summed E-state index contributed by atoms with van der Waals surface area (Å²) in [6.07, 6.45) is 3.71. The van der Waals surface area contributed by atoms with Gasteiger partial charge in [-0.3, -0.25) is 9.78 Å². The molecule has 0 radical (unpaired) electrons. The van der Waals surface area contributed by atoms with Gasteiger partial charge in [0.15, 0.2) is 6.61 Å². The monoisotopic (exact) mass is 324 g/mol.